The van der Waals surface area contributed by atoms with Crippen molar-refractivity contribution >= 4 is 34.2 Å². The number of amides is 3. The largest absolute Gasteiger partial charge is 0.497 e. The Bertz CT molecular complexity index is 986. The van der Waals surface area contributed by atoms with Crippen LogP contribution in [0.3, 0.4) is 0 Å². The van der Waals surface area contributed by atoms with Gasteiger partial charge in [0.05, 0.1) is 19.2 Å². The second-order valence-electron chi connectivity index (χ2n) is 8.88. The van der Waals surface area contributed by atoms with E-state index in [0.29, 0.717) is 28.7 Å². The van der Waals surface area contributed by atoms with Gasteiger partial charge in [0.2, 0.25) is 11.8 Å². The number of benzene rings is 1. The molecule has 1 aromatic heterocycles. The molecule has 1 aromatic carbocycles. The zero-order valence-corrected chi connectivity index (χ0v) is 21.5. The number of methoxy groups -OCH3 is 1. The molecule has 10 heteroatoms. The highest BCUT2D eigenvalue weighted by Gasteiger charge is 2.22. The van der Waals surface area contributed by atoms with Crippen LogP contribution in [-0.4, -0.2) is 78.4 Å². The molecule has 1 aliphatic rings. The summed E-state index contributed by atoms with van der Waals surface area (Å²) in [6.45, 7) is 7.32. The molecule has 190 valence electrons. The third-order valence-corrected chi connectivity index (χ3v) is 6.68. The summed E-state index contributed by atoms with van der Waals surface area (Å²) < 4.78 is 5.14. The third kappa shape index (κ3) is 8.32. The Morgan fingerprint density at radius 2 is 1.83 bits per heavy atom. The Labute approximate surface area is 210 Å². The van der Waals surface area contributed by atoms with E-state index in [1.807, 2.05) is 13.8 Å². The van der Waals surface area contributed by atoms with Gasteiger partial charge in [0, 0.05) is 30.1 Å². The van der Waals surface area contributed by atoms with Crippen LogP contribution < -0.4 is 15.4 Å². The van der Waals surface area contributed by atoms with Gasteiger partial charge in [-0.25, -0.2) is 4.98 Å². The van der Waals surface area contributed by atoms with E-state index in [4.69, 9.17) is 4.74 Å². The number of ether oxygens (including phenoxy) is 1. The van der Waals surface area contributed by atoms with Crippen LogP contribution in [0.5, 0.6) is 5.75 Å². The standard InChI is InChI=1S/C25H35N5O4S/c1-18(2)30(24(33)19-7-9-21(34-3)10-8-19)16-23(32)28-25-27-20(17-35-25)15-22(31)26-11-14-29-12-5-4-6-13-29/h7-10,17-18H,4-6,11-16H2,1-3H3,(H,26,31)(H,27,28,32). The number of nitrogens with zero attached hydrogens (tertiary/aromatic N) is 3. The van der Waals surface area contributed by atoms with Gasteiger partial charge in [-0.1, -0.05) is 6.42 Å². The van der Waals surface area contributed by atoms with E-state index < -0.39 is 0 Å². The van der Waals surface area contributed by atoms with Crippen LogP contribution in [-0.2, 0) is 16.0 Å². The summed E-state index contributed by atoms with van der Waals surface area (Å²) in [6.07, 6.45) is 3.91. The summed E-state index contributed by atoms with van der Waals surface area (Å²) in [5, 5.41) is 7.87. The molecule has 0 radical (unpaired) electrons. The molecule has 9 nitrogen and oxygen atoms in total. The molecule has 0 atom stereocenters. The number of carbonyl (C=O) groups is 3. The lowest BCUT2D eigenvalue weighted by Gasteiger charge is -2.26. The first-order chi connectivity index (χ1) is 16.9. The molecule has 1 aliphatic heterocycles. The fourth-order valence-electron chi connectivity index (χ4n) is 3.91. The van der Waals surface area contributed by atoms with Gasteiger partial charge in [-0.05, 0) is 64.0 Å². The minimum atomic E-state index is -0.340. The van der Waals surface area contributed by atoms with Gasteiger partial charge in [0.15, 0.2) is 5.13 Å². The summed E-state index contributed by atoms with van der Waals surface area (Å²) in [5.41, 5.74) is 1.09. The molecule has 3 rings (SSSR count). The SMILES string of the molecule is COc1ccc(C(=O)N(CC(=O)Nc2nc(CC(=O)NCCN3CCCCC3)cs2)C(C)C)cc1. The fourth-order valence-corrected chi connectivity index (χ4v) is 4.64. The first kappa shape index (κ1) is 26.6. The molecular weight excluding hydrogens is 466 g/mol. The molecule has 0 saturated carbocycles. The van der Waals surface area contributed by atoms with Gasteiger partial charge in [-0.3, -0.25) is 14.4 Å². The number of aromatic nitrogens is 1. The number of hydrogen-bond donors (Lipinski definition) is 2. The maximum absolute atomic E-state index is 12.9. The van der Waals surface area contributed by atoms with E-state index in [0.717, 1.165) is 19.6 Å². The molecule has 2 N–H and O–H groups in total. The summed E-state index contributed by atoms with van der Waals surface area (Å²) in [6, 6.07) is 6.62. The zero-order valence-electron chi connectivity index (χ0n) is 20.7. The number of piperidine rings is 1. The normalized spacial score (nSPS) is 13.9. The van der Waals surface area contributed by atoms with E-state index >= 15 is 0 Å². The Hall–Kier alpha value is -2.98. The topological polar surface area (TPSA) is 104 Å². The molecule has 3 amide bonds. The maximum atomic E-state index is 12.9. The second-order valence-corrected chi connectivity index (χ2v) is 9.73. The molecule has 1 fully saturated rings. The van der Waals surface area contributed by atoms with E-state index in [-0.39, 0.29) is 36.7 Å². The lowest BCUT2D eigenvalue weighted by atomic mass is 10.1. The Morgan fingerprint density at radius 1 is 1.11 bits per heavy atom. The Balaban J connectivity index is 1.46. The average Bonchev–Trinajstić information content (AvgIpc) is 3.29. The summed E-state index contributed by atoms with van der Waals surface area (Å²) in [7, 11) is 1.56. The minimum absolute atomic E-state index is 0.0822. The highest BCUT2D eigenvalue weighted by Crippen LogP contribution is 2.17. The smallest absolute Gasteiger partial charge is 0.254 e. The molecule has 0 aliphatic carbocycles. The number of nitrogens with one attached hydrogen (secondary N) is 2. The van der Waals surface area contributed by atoms with Gasteiger partial charge >= 0.3 is 0 Å². The van der Waals surface area contributed by atoms with Crippen molar-refractivity contribution in [2.24, 2.45) is 0 Å². The van der Waals surface area contributed by atoms with Gasteiger partial charge in [0.1, 0.15) is 12.3 Å². The van der Waals surface area contributed by atoms with Crippen molar-refractivity contribution < 1.29 is 19.1 Å². The Morgan fingerprint density at radius 3 is 2.49 bits per heavy atom. The maximum Gasteiger partial charge on any atom is 0.254 e. The van der Waals surface area contributed by atoms with Crippen molar-refractivity contribution in [3.63, 3.8) is 0 Å². The number of hydrogen-bond acceptors (Lipinski definition) is 7. The number of thiazole rings is 1. The molecule has 2 aromatic rings. The second kappa shape index (κ2) is 13.2. The number of likely N-dealkylation sites (tertiary alicyclic amines) is 1. The fraction of sp³-hybridized carbons (Fsp3) is 0.520. The molecule has 35 heavy (non-hydrogen) atoms. The minimum Gasteiger partial charge on any atom is -0.497 e. The molecule has 0 unspecified atom stereocenters. The van der Waals surface area contributed by atoms with E-state index in [1.54, 1.807) is 36.8 Å². The van der Waals surface area contributed by atoms with Crippen LogP contribution in [0.2, 0.25) is 0 Å². The highest BCUT2D eigenvalue weighted by atomic mass is 32.1. The van der Waals surface area contributed by atoms with Crippen molar-refractivity contribution in [2.75, 3.05) is 45.2 Å². The quantitative estimate of drug-likeness (QED) is 0.491. The van der Waals surface area contributed by atoms with Crippen molar-refractivity contribution in [1.29, 1.82) is 0 Å². The van der Waals surface area contributed by atoms with Crippen LogP contribution in [0.1, 0.15) is 49.2 Å². The van der Waals surface area contributed by atoms with E-state index in [1.165, 1.54) is 35.5 Å². The predicted molar refractivity (Wildman–Crippen MR) is 137 cm³/mol. The third-order valence-electron chi connectivity index (χ3n) is 5.87. The zero-order chi connectivity index (χ0) is 25.2. The van der Waals surface area contributed by atoms with Crippen LogP contribution in [0, 0.1) is 0 Å². The van der Waals surface area contributed by atoms with Crippen molar-refractivity contribution in [3.05, 3.63) is 40.9 Å². The Kier molecular flexibility index (Phi) is 10.0. The van der Waals surface area contributed by atoms with Gasteiger partial charge < -0.3 is 25.2 Å². The molecule has 2 heterocycles. The summed E-state index contributed by atoms with van der Waals surface area (Å²) in [4.78, 5) is 46.1. The first-order valence-electron chi connectivity index (χ1n) is 12.0. The van der Waals surface area contributed by atoms with Crippen LogP contribution in [0.4, 0.5) is 5.13 Å². The molecule has 1 saturated heterocycles. The number of rotatable bonds is 11. The monoisotopic (exact) mass is 501 g/mol. The molecule has 0 spiro atoms. The number of anilines is 1. The van der Waals surface area contributed by atoms with Crippen molar-refractivity contribution in [3.8, 4) is 5.75 Å². The van der Waals surface area contributed by atoms with Crippen LogP contribution in [0.25, 0.3) is 0 Å². The van der Waals surface area contributed by atoms with Gasteiger partial charge in [0.25, 0.3) is 5.91 Å². The van der Waals surface area contributed by atoms with Gasteiger partial charge in [-0.15, -0.1) is 11.3 Å². The first-order valence-corrected chi connectivity index (χ1v) is 12.9. The predicted octanol–water partition coefficient (Wildman–Crippen LogP) is 2.79. The van der Waals surface area contributed by atoms with Gasteiger partial charge in [-0.2, -0.15) is 0 Å². The van der Waals surface area contributed by atoms with Crippen LogP contribution in [0.15, 0.2) is 29.6 Å². The highest BCUT2D eigenvalue weighted by molar-refractivity contribution is 7.13. The summed E-state index contributed by atoms with van der Waals surface area (Å²) >= 11 is 1.26. The van der Waals surface area contributed by atoms with Crippen molar-refractivity contribution in [2.45, 2.75) is 45.6 Å². The average molecular weight is 502 g/mol. The molecular formula is C25H35N5O4S. The van der Waals surface area contributed by atoms with E-state index in [2.05, 4.69) is 20.5 Å². The molecule has 0 bridgehead atoms. The number of carbonyl (C=O) groups excluding carboxylic acids is 3. The summed E-state index contributed by atoms with van der Waals surface area (Å²) in [5.74, 6) is -0.00166. The van der Waals surface area contributed by atoms with Crippen molar-refractivity contribution in [1.82, 2.24) is 20.1 Å². The van der Waals surface area contributed by atoms with Crippen LogP contribution >= 0.6 is 11.3 Å². The van der Waals surface area contributed by atoms with E-state index in [9.17, 15) is 14.4 Å². The lowest BCUT2D eigenvalue weighted by Crippen LogP contribution is -2.42. The lowest BCUT2D eigenvalue weighted by molar-refractivity contribution is -0.120.